The summed E-state index contributed by atoms with van der Waals surface area (Å²) in [6.45, 7) is 16.9. The normalized spacial score (nSPS) is 18.3. The molecule has 3 aliphatic carbocycles. The Kier molecular flexibility index (Phi) is 20.8. The Hall–Kier alpha value is -0.227. The summed E-state index contributed by atoms with van der Waals surface area (Å²) in [7, 11) is 0. The van der Waals surface area contributed by atoms with Crippen LogP contribution in [0.1, 0.15) is 68.2 Å². The van der Waals surface area contributed by atoms with E-state index in [4.69, 9.17) is 0 Å². The van der Waals surface area contributed by atoms with Gasteiger partial charge in [0, 0.05) is 0 Å². The van der Waals surface area contributed by atoms with Crippen molar-refractivity contribution in [1.82, 2.24) is 0 Å². The minimum atomic E-state index is 0. The molecular weight excluding hydrogens is 450 g/mol. The topological polar surface area (TPSA) is 0 Å². The first kappa shape index (κ1) is 31.5. The Balaban J connectivity index is -0.000000283. The molecule has 27 heavy (non-hydrogen) atoms. The summed E-state index contributed by atoms with van der Waals surface area (Å²) in [5, 5.41) is 0. The molecule has 0 nitrogen and oxygen atoms in total. The van der Waals surface area contributed by atoms with Crippen LogP contribution in [-0.4, -0.2) is 3.21 Å². The van der Waals surface area contributed by atoms with Gasteiger partial charge in [0.15, 0.2) is 0 Å². The Morgan fingerprint density at radius 1 is 0.889 bits per heavy atom. The van der Waals surface area contributed by atoms with E-state index in [-0.39, 0.29) is 24.8 Å². The second-order valence-corrected chi connectivity index (χ2v) is 9.52. The smallest absolute Gasteiger partial charge is 1.00 e. The average molecular weight is 484 g/mol. The second kappa shape index (κ2) is 17.8. The van der Waals surface area contributed by atoms with E-state index < -0.39 is 0 Å². The van der Waals surface area contributed by atoms with Crippen LogP contribution in [0, 0.1) is 24.1 Å². The third kappa shape index (κ3) is 20.3. The van der Waals surface area contributed by atoms with Gasteiger partial charge in [-0.1, -0.05) is 40.5 Å². The second-order valence-electron chi connectivity index (χ2n) is 7.06. The van der Waals surface area contributed by atoms with E-state index in [1.165, 1.54) is 31.1 Å². The summed E-state index contributed by atoms with van der Waals surface area (Å²) in [5.41, 5.74) is 6.78. The van der Waals surface area contributed by atoms with E-state index in [9.17, 15) is 0 Å². The van der Waals surface area contributed by atoms with Crippen LogP contribution < -0.4 is 24.8 Å². The van der Waals surface area contributed by atoms with Gasteiger partial charge in [-0.15, -0.1) is 19.8 Å². The largest absolute Gasteiger partial charge is 1.00 e. The first-order valence-corrected chi connectivity index (χ1v) is 10.1. The third-order valence-corrected chi connectivity index (χ3v) is 3.30. The van der Waals surface area contributed by atoms with Crippen molar-refractivity contribution in [2.75, 3.05) is 0 Å². The van der Waals surface area contributed by atoms with Gasteiger partial charge in [0.05, 0.1) is 0 Å². The van der Waals surface area contributed by atoms with Crippen molar-refractivity contribution < 1.29 is 49.0 Å². The van der Waals surface area contributed by atoms with Gasteiger partial charge in [-0.2, -0.15) is 17.2 Å². The van der Waals surface area contributed by atoms with E-state index in [0.717, 1.165) is 12.8 Å². The number of rotatable bonds is 0. The van der Waals surface area contributed by atoms with Crippen molar-refractivity contribution in [2.45, 2.75) is 68.2 Å². The van der Waals surface area contributed by atoms with Gasteiger partial charge in [-0.3, -0.25) is 18.2 Å². The van der Waals surface area contributed by atoms with Crippen LogP contribution in [0.3, 0.4) is 0 Å². The molecule has 0 N–H and O–H groups in total. The molecule has 0 fully saturated rings. The van der Waals surface area contributed by atoms with Crippen LogP contribution in [0.15, 0.2) is 52.2 Å². The van der Waals surface area contributed by atoms with Crippen LogP contribution in [0.4, 0.5) is 0 Å². The van der Waals surface area contributed by atoms with Gasteiger partial charge in [0.25, 0.3) is 0 Å². The van der Waals surface area contributed by atoms with Crippen molar-refractivity contribution >= 4 is 3.21 Å². The zero-order valence-corrected chi connectivity index (χ0v) is 22.0. The first-order chi connectivity index (χ1) is 11.6. The molecule has 0 bridgehead atoms. The zero-order chi connectivity index (χ0) is 19.4. The average Bonchev–Trinajstić information content (AvgIpc) is 3.15. The van der Waals surface area contributed by atoms with E-state index in [1.807, 2.05) is 6.08 Å². The molecule has 0 aromatic heterocycles. The standard InChI is InChI=1S/3C7H9.C3H6.2ClH.Zr/c3*1-6-3-4-7(2)5-6;1-3-2;;;/h2*5H,3H2,1-2H3;3,5,7H,1-2H3;1-2H3;2*1H;/q3*-1;;;;+2/p-2. The molecule has 3 rings (SSSR count). The molecule has 0 saturated heterocycles. The predicted octanol–water partition coefficient (Wildman–Crippen LogP) is 0.867. The van der Waals surface area contributed by atoms with Crippen LogP contribution in [-0.2, 0) is 24.2 Å². The van der Waals surface area contributed by atoms with Crippen LogP contribution in [0.25, 0.3) is 0 Å². The molecule has 0 aliphatic heterocycles. The molecule has 150 valence electrons. The van der Waals surface area contributed by atoms with E-state index in [0.29, 0.717) is 5.92 Å². The number of hydrogen-bond donors (Lipinski definition) is 0. The van der Waals surface area contributed by atoms with Gasteiger partial charge < -0.3 is 24.8 Å². The Morgan fingerprint density at radius 2 is 1.26 bits per heavy atom. The van der Waals surface area contributed by atoms with Crippen molar-refractivity contribution in [3.8, 4) is 0 Å². The molecule has 1 atom stereocenters. The summed E-state index contributed by atoms with van der Waals surface area (Å²) < 4.78 is 1.51. The van der Waals surface area contributed by atoms with Crippen molar-refractivity contribution in [3.05, 3.63) is 70.4 Å². The van der Waals surface area contributed by atoms with E-state index in [2.05, 4.69) is 91.8 Å². The monoisotopic (exact) mass is 481 g/mol. The molecule has 0 radical (unpaired) electrons. The summed E-state index contributed by atoms with van der Waals surface area (Å²) in [5.74, 6) is 0.556. The summed E-state index contributed by atoms with van der Waals surface area (Å²) in [4.78, 5) is 0. The van der Waals surface area contributed by atoms with E-state index >= 15 is 0 Å². The number of allylic oxidation sites excluding steroid dienone is 12. The SMILES string of the molecule is CC1=CC(C)[C-]=C1.CC1=[C-]CC(C)=C1.CC1=[C-]CC(C)=C1.C[C](C)=[Zr+2].[Cl-].[Cl-]. The van der Waals surface area contributed by atoms with Gasteiger partial charge in [0.2, 0.25) is 0 Å². The molecule has 3 heteroatoms. The fourth-order valence-corrected chi connectivity index (χ4v) is 2.25. The first-order valence-electron chi connectivity index (χ1n) is 8.88. The molecule has 0 spiro atoms. The molecule has 1 unspecified atom stereocenters. The minimum Gasteiger partial charge on any atom is -1.00 e. The van der Waals surface area contributed by atoms with Crippen molar-refractivity contribution in [1.29, 1.82) is 0 Å². The van der Waals surface area contributed by atoms with Gasteiger partial charge >= 0.3 is 41.3 Å². The molecule has 3 aliphatic rings. The van der Waals surface area contributed by atoms with Gasteiger partial charge in [0.1, 0.15) is 0 Å². The maximum Gasteiger partial charge on any atom is -1.00 e. The van der Waals surface area contributed by atoms with Gasteiger partial charge in [-0.25, -0.2) is 34.9 Å². The van der Waals surface area contributed by atoms with Crippen LogP contribution in [0.2, 0.25) is 0 Å². The molecule has 0 aromatic rings. The molecule has 0 aromatic carbocycles. The Morgan fingerprint density at radius 3 is 1.33 bits per heavy atom. The van der Waals surface area contributed by atoms with Crippen LogP contribution >= 0.6 is 0 Å². The maximum atomic E-state index is 3.19. The molecule has 0 saturated carbocycles. The van der Waals surface area contributed by atoms with Gasteiger partial charge in [-0.05, 0) is 0 Å². The molecular formula is C24H33Cl2Zr-3. The maximum absolute atomic E-state index is 3.19. The van der Waals surface area contributed by atoms with Crippen LogP contribution in [0.5, 0.6) is 0 Å². The third-order valence-electron chi connectivity index (χ3n) is 3.30. The predicted molar refractivity (Wildman–Crippen MR) is 109 cm³/mol. The fourth-order valence-electron chi connectivity index (χ4n) is 2.25. The van der Waals surface area contributed by atoms with Crippen molar-refractivity contribution in [3.63, 3.8) is 0 Å². The number of hydrogen-bond acceptors (Lipinski definition) is 0. The summed E-state index contributed by atoms with van der Waals surface area (Å²) in [6.07, 6.45) is 20.2. The van der Waals surface area contributed by atoms with Crippen molar-refractivity contribution in [2.24, 2.45) is 5.92 Å². The number of halogens is 2. The Bertz CT molecular complexity index is 591. The summed E-state index contributed by atoms with van der Waals surface area (Å²) >= 11 is 1.55. The quantitative estimate of drug-likeness (QED) is 0.449. The summed E-state index contributed by atoms with van der Waals surface area (Å²) in [6, 6.07) is 0. The Labute approximate surface area is 195 Å². The zero-order valence-electron chi connectivity index (χ0n) is 18.1. The van der Waals surface area contributed by atoms with E-state index in [1.54, 1.807) is 24.2 Å². The molecule has 0 heterocycles. The minimum absolute atomic E-state index is 0. The fraction of sp³-hybridized carbons (Fsp3) is 0.458. The molecule has 0 amide bonds.